The molecule has 0 saturated heterocycles. The predicted molar refractivity (Wildman–Crippen MR) is 69.4 cm³/mol. The van der Waals surface area contributed by atoms with Crippen molar-refractivity contribution in [2.24, 2.45) is 5.73 Å². The summed E-state index contributed by atoms with van der Waals surface area (Å²) >= 11 is 0. The summed E-state index contributed by atoms with van der Waals surface area (Å²) in [6.45, 7) is 2.03. The first-order chi connectivity index (χ1) is 9.20. The van der Waals surface area contributed by atoms with Gasteiger partial charge < -0.3 is 10.5 Å². The molecule has 1 aromatic carbocycles. The Hall–Kier alpha value is -2.21. The van der Waals surface area contributed by atoms with Crippen LogP contribution in [0.1, 0.15) is 35.0 Å². The van der Waals surface area contributed by atoms with Crippen LogP contribution < -0.4 is 5.73 Å². The van der Waals surface area contributed by atoms with E-state index in [0.717, 1.165) is 5.56 Å². The molecular formula is C13H16N4O2. The number of nitrogens with zero attached hydrogens (tertiary/aromatic N) is 2. The second-order valence-electron chi connectivity index (χ2n) is 4.05. The fraction of sp³-hybridized carbons (Fsp3) is 0.308. The Kier molecular flexibility index (Phi) is 4.25. The lowest BCUT2D eigenvalue weighted by atomic mass is 10.0. The number of H-pyrrole nitrogens is 1. The van der Waals surface area contributed by atoms with Crippen molar-refractivity contribution in [1.29, 1.82) is 0 Å². The number of benzene rings is 1. The van der Waals surface area contributed by atoms with Gasteiger partial charge in [-0.05, 0) is 12.5 Å². The molecule has 0 spiro atoms. The van der Waals surface area contributed by atoms with Gasteiger partial charge in [0.25, 0.3) is 5.82 Å². The number of esters is 1. The Morgan fingerprint density at radius 1 is 1.42 bits per heavy atom. The molecule has 3 N–H and O–H groups in total. The number of ether oxygens (including phenoxy) is 1. The van der Waals surface area contributed by atoms with E-state index in [0.29, 0.717) is 18.9 Å². The molecule has 19 heavy (non-hydrogen) atoms. The molecule has 100 valence electrons. The summed E-state index contributed by atoms with van der Waals surface area (Å²) in [4.78, 5) is 15.5. The number of aromatic amines is 1. The van der Waals surface area contributed by atoms with Crippen LogP contribution in [0, 0.1) is 0 Å². The third kappa shape index (κ3) is 3.38. The van der Waals surface area contributed by atoms with Gasteiger partial charge in [0.05, 0.1) is 6.61 Å². The SMILES string of the molecule is CCOC(=O)c1n[nH]c(CC(N)c2ccccc2)n1. The van der Waals surface area contributed by atoms with Crippen molar-refractivity contribution < 1.29 is 9.53 Å². The number of hydrogen-bond donors (Lipinski definition) is 2. The molecule has 2 aromatic rings. The van der Waals surface area contributed by atoms with Crippen LogP contribution in [0.5, 0.6) is 0 Å². The Labute approximate surface area is 111 Å². The van der Waals surface area contributed by atoms with Gasteiger partial charge in [0.1, 0.15) is 5.82 Å². The largest absolute Gasteiger partial charge is 0.460 e. The van der Waals surface area contributed by atoms with E-state index in [9.17, 15) is 4.79 Å². The van der Waals surface area contributed by atoms with Crippen LogP contribution >= 0.6 is 0 Å². The molecular weight excluding hydrogens is 244 g/mol. The molecule has 1 atom stereocenters. The molecule has 6 nitrogen and oxygen atoms in total. The normalized spacial score (nSPS) is 12.1. The number of hydrogen-bond acceptors (Lipinski definition) is 5. The van der Waals surface area contributed by atoms with Gasteiger partial charge in [-0.15, -0.1) is 5.10 Å². The summed E-state index contributed by atoms with van der Waals surface area (Å²) in [5.41, 5.74) is 7.08. The van der Waals surface area contributed by atoms with Crippen molar-refractivity contribution in [2.45, 2.75) is 19.4 Å². The third-order valence-corrected chi connectivity index (χ3v) is 2.63. The van der Waals surface area contributed by atoms with Crippen molar-refractivity contribution >= 4 is 5.97 Å². The maximum atomic E-state index is 11.4. The molecule has 0 bridgehead atoms. The van der Waals surface area contributed by atoms with Crippen molar-refractivity contribution in [2.75, 3.05) is 6.61 Å². The van der Waals surface area contributed by atoms with E-state index in [-0.39, 0.29) is 11.9 Å². The Bertz CT molecular complexity index is 539. The molecule has 0 aliphatic carbocycles. The molecule has 6 heteroatoms. The minimum atomic E-state index is -0.529. The fourth-order valence-electron chi connectivity index (χ4n) is 1.70. The summed E-state index contributed by atoms with van der Waals surface area (Å²) in [6, 6.07) is 9.51. The molecule has 1 heterocycles. The second-order valence-corrected chi connectivity index (χ2v) is 4.05. The molecule has 1 aromatic heterocycles. The van der Waals surface area contributed by atoms with Crippen molar-refractivity contribution in [3.05, 3.63) is 47.5 Å². The maximum Gasteiger partial charge on any atom is 0.378 e. The van der Waals surface area contributed by atoms with E-state index in [2.05, 4.69) is 15.2 Å². The number of nitrogens with one attached hydrogen (secondary N) is 1. The van der Waals surface area contributed by atoms with E-state index in [1.54, 1.807) is 6.92 Å². The summed E-state index contributed by atoms with van der Waals surface area (Å²) in [5.74, 6) is 0.0785. The van der Waals surface area contributed by atoms with Crippen LogP contribution in [0.15, 0.2) is 30.3 Å². The third-order valence-electron chi connectivity index (χ3n) is 2.63. The van der Waals surface area contributed by atoms with Gasteiger partial charge in [0.15, 0.2) is 0 Å². The van der Waals surface area contributed by atoms with Crippen LogP contribution in [0.3, 0.4) is 0 Å². The van der Waals surface area contributed by atoms with E-state index in [1.165, 1.54) is 0 Å². The van der Waals surface area contributed by atoms with Gasteiger partial charge in [0.2, 0.25) is 0 Å². The predicted octanol–water partition coefficient (Wildman–Crippen LogP) is 1.22. The second kappa shape index (κ2) is 6.10. The zero-order valence-corrected chi connectivity index (χ0v) is 10.7. The van der Waals surface area contributed by atoms with E-state index < -0.39 is 5.97 Å². The Balaban J connectivity index is 2.02. The lowest BCUT2D eigenvalue weighted by Crippen LogP contribution is -2.14. The highest BCUT2D eigenvalue weighted by Gasteiger charge is 2.15. The average Bonchev–Trinajstić information content (AvgIpc) is 2.88. The van der Waals surface area contributed by atoms with Crippen molar-refractivity contribution in [1.82, 2.24) is 15.2 Å². The first kappa shape index (κ1) is 13.2. The minimum absolute atomic E-state index is 0.0390. The van der Waals surface area contributed by atoms with Crippen LogP contribution in [-0.4, -0.2) is 27.8 Å². The maximum absolute atomic E-state index is 11.4. The highest BCUT2D eigenvalue weighted by molar-refractivity contribution is 5.84. The lowest BCUT2D eigenvalue weighted by Gasteiger charge is -2.09. The zero-order valence-electron chi connectivity index (χ0n) is 10.7. The first-order valence-electron chi connectivity index (χ1n) is 6.09. The van der Waals surface area contributed by atoms with Crippen LogP contribution in [0.4, 0.5) is 0 Å². The molecule has 2 rings (SSSR count). The molecule has 1 unspecified atom stereocenters. The van der Waals surface area contributed by atoms with Gasteiger partial charge in [-0.1, -0.05) is 30.3 Å². The number of rotatable bonds is 5. The molecule has 0 fully saturated rings. The van der Waals surface area contributed by atoms with E-state index in [4.69, 9.17) is 10.5 Å². The average molecular weight is 260 g/mol. The summed E-state index contributed by atoms with van der Waals surface area (Å²) in [6.07, 6.45) is 0.483. The standard InChI is InChI=1S/C13H16N4O2/c1-2-19-13(18)12-15-11(16-17-12)8-10(14)9-6-4-3-5-7-9/h3-7,10H,2,8,14H2,1H3,(H,15,16,17). The summed E-state index contributed by atoms with van der Waals surface area (Å²) < 4.78 is 4.82. The minimum Gasteiger partial charge on any atom is -0.460 e. The first-order valence-corrected chi connectivity index (χ1v) is 6.09. The number of carbonyl (C=O) groups is 1. The zero-order chi connectivity index (χ0) is 13.7. The smallest absolute Gasteiger partial charge is 0.378 e. The van der Waals surface area contributed by atoms with Gasteiger partial charge in [-0.25, -0.2) is 9.78 Å². The van der Waals surface area contributed by atoms with Crippen LogP contribution in [0.2, 0.25) is 0 Å². The summed E-state index contributed by atoms with van der Waals surface area (Å²) in [5, 5.41) is 6.52. The highest BCUT2D eigenvalue weighted by Crippen LogP contribution is 2.13. The van der Waals surface area contributed by atoms with Gasteiger partial charge in [-0.3, -0.25) is 5.10 Å². The van der Waals surface area contributed by atoms with Gasteiger partial charge in [-0.2, -0.15) is 0 Å². The van der Waals surface area contributed by atoms with Gasteiger partial charge in [0, 0.05) is 12.5 Å². The van der Waals surface area contributed by atoms with Crippen molar-refractivity contribution in [3.8, 4) is 0 Å². The lowest BCUT2D eigenvalue weighted by molar-refractivity contribution is 0.0512. The Morgan fingerprint density at radius 2 is 2.16 bits per heavy atom. The summed E-state index contributed by atoms with van der Waals surface area (Å²) in [7, 11) is 0. The fourth-order valence-corrected chi connectivity index (χ4v) is 1.70. The van der Waals surface area contributed by atoms with E-state index in [1.807, 2.05) is 30.3 Å². The monoisotopic (exact) mass is 260 g/mol. The molecule has 0 amide bonds. The molecule has 0 aliphatic rings. The van der Waals surface area contributed by atoms with Crippen LogP contribution in [-0.2, 0) is 11.2 Å². The number of carbonyl (C=O) groups excluding carboxylic acids is 1. The molecule has 0 radical (unpaired) electrons. The number of nitrogens with two attached hydrogens (primary N) is 1. The van der Waals surface area contributed by atoms with Crippen molar-refractivity contribution in [3.63, 3.8) is 0 Å². The quantitative estimate of drug-likeness (QED) is 0.788. The Morgan fingerprint density at radius 3 is 2.84 bits per heavy atom. The molecule has 0 saturated carbocycles. The molecule has 0 aliphatic heterocycles. The van der Waals surface area contributed by atoms with E-state index >= 15 is 0 Å². The highest BCUT2D eigenvalue weighted by atomic mass is 16.5. The van der Waals surface area contributed by atoms with Crippen LogP contribution in [0.25, 0.3) is 0 Å². The number of aromatic nitrogens is 3. The topological polar surface area (TPSA) is 93.9 Å². The van der Waals surface area contributed by atoms with Gasteiger partial charge >= 0.3 is 5.97 Å².